The number of hydrogen-bond acceptors (Lipinski definition) is 4. The van der Waals surface area contributed by atoms with E-state index in [9.17, 15) is 15.2 Å². The zero-order valence-electron chi connectivity index (χ0n) is 14.1. The van der Waals surface area contributed by atoms with Crippen molar-refractivity contribution < 1.29 is 14.6 Å². The van der Waals surface area contributed by atoms with Crippen molar-refractivity contribution in [2.24, 2.45) is 0 Å². The SMILES string of the molecule is O=[N+]([O-])c1ccc(/C(O)=C(\C(=S)Nc2ccccc2)[n+]2ccccc2)cc1. The summed E-state index contributed by atoms with van der Waals surface area (Å²) in [6.07, 6.45) is 3.52. The number of aliphatic hydroxyl groups is 1. The topological polar surface area (TPSA) is 79.3 Å². The summed E-state index contributed by atoms with van der Waals surface area (Å²) < 4.78 is 1.69. The molecule has 0 spiro atoms. The number of hydrogen-bond donors (Lipinski definition) is 2. The molecule has 0 aliphatic heterocycles. The average Bonchev–Trinajstić information content (AvgIpc) is 2.69. The first-order chi connectivity index (χ1) is 13.1. The van der Waals surface area contributed by atoms with Crippen molar-refractivity contribution in [2.45, 2.75) is 0 Å². The van der Waals surface area contributed by atoms with Gasteiger partial charge in [-0.15, -0.1) is 0 Å². The van der Waals surface area contributed by atoms with Crippen molar-refractivity contribution in [3.8, 4) is 0 Å². The zero-order chi connectivity index (χ0) is 19.2. The van der Waals surface area contributed by atoms with Gasteiger partial charge in [-0.3, -0.25) is 10.1 Å². The summed E-state index contributed by atoms with van der Waals surface area (Å²) in [5, 5.41) is 24.8. The molecule has 2 aromatic carbocycles. The second kappa shape index (κ2) is 8.20. The number of non-ortho nitro benzene ring substituents is 1. The van der Waals surface area contributed by atoms with Crippen molar-refractivity contribution in [3.63, 3.8) is 0 Å². The predicted molar refractivity (Wildman–Crippen MR) is 108 cm³/mol. The van der Waals surface area contributed by atoms with E-state index in [4.69, 9.17) is 12.2 Å². The normalized spacial score (nSPS) is 11.4. The van der Waals surface area contributed by atoms with Gasteiger partial charge in [0.2, 0.25) is 0 Å². The minimum atomic E-state index is -0.487. The second-order valence-electron chi connectivity index (χ2n) is 5.60. The van der Waals surface area contributed by atoms with Crippen molar-refractivity contribution in [1.29, 1.82) is 0 Å². The van der Waals surface area contributed by atoms with E-state index in [0.717, 1.165) is 5.69 Å². The lowest BCUT2D eigenvalue weighted by Gasteiger charge is -2.10. The molecule has 0 amide bonds. The van der Waals surface area contributed by atoms with E-state index < -0.39 is 4.92 Å². The van der Waals surface area contributed by atoms with E-state index in [1.54, 1.807) is 17.0 Å². The summed E-state index contributed by atoms with van der Waals surface area (Å²) in [4.78, 5) is 10.7. The van der Waals surface area contributed by atoms with Crippen molar-refractivity contribution in [2.75, 3.05) is 5.32 Å². The Bertz CT molecular complexity index is 988. The van der Waals surface area contributed by atoms with Gasteiger partial charge in [-0.25, -0.2) is 0 Å². The first kappa shape index (κ1) is 18.2. The molecule has 2 N–H and O–H groups in total. The van der Waals surface area contributed by atoms with Crippen LogP contribution in [0.15, 0.2) is 85.2 Å². The number of thiocarbonyl (C=S) groups is 1. The molecule has 1 aromatic heterocycles. The minimum absolute atomic E-state index is 0.0505. The van der Waals surface area contributed by atoms with Crippen LogP contribution < -0.4 is 9.88 Å². The number of nitrogens with one attached hydrogen (secondary N) is 1. The molecule has 3 aromatic rings. The van der Waals surface area contributed by atoms with Gasteiger partial charge in [-0.05, 0) is 24.3 Å². The van der Waals surface area contributed by atoms with Gasteiger partial charge in [-0.1, -0.05) is 36.5 Å². The summed E-state index contributed by atoms with van der Waals surface area (Å²) in [6.45, 7) is 0. The molecule has 0 fully saturated rings. The number of nitro benzene ring substituents is 1. The molecule has 0 atom stereocenters. The van der Waals surface area contributed by atoms with Gasteiger partial charge in [0.05, 0.1) is 4.92 Å². The molecular formula is C20H16N3O3S+. The monoisotopic (exact) mass is 378 g/mol. The number of pyridine rings is 1. The summed E-state index contributed by atoms with van der Waals surface area (Å²) >= 11 is 5.53. The summed E-state index contributed by atoms with van der Waals surface area (Å²) in [7, 11) is 0. The van der Waals surface area contributed by atoms with E-state index in [0.29, 0.717) is 16.2 Å². The first-order valence-electron chi connectivity index (χ1n) is 8.07. The van der Waals surface area contributed by atoms with Crippen LogP contribution in [0.25, 0.3) is 11.5 Å². The average molecular weight is 378 g/mol. The highest BCUT2D eigenvalue weighted by Gasteiger charge is 2.24. The third-order valence-electron chi connectivity index (χ3n) is 3.80. The van der Waals surface area contributed by atoms with Gasteiger partial charge < -0.3 is 10.4 Å². The number of benzene rings is 2. The van der Waals surface area contributed by atoms with Gasteiger partial charge in [0.25, 0.3) is 11.4 Å². The fourth-order valence-electron chi connectivity index (χ4n) is 2.48. The highest BCUT2D eigenvalue weighted by atomic mass is 32.1. The van der Waals surface area contributed by atoms with E-state index in [1.165, 1.54) is 24.3 Å². The molecule has 0 unspecified atom stereocenters. The Labute approximate surface area is 161 Å². The summed E-state index contributed by atoms with van der Waals surface area (Å²) in [5.41, 5.74) is 1.52. The zero-order valence-corrected chi connectivity index (χ0v) is 15.0. The number of anilines is 1. The molecule has 3 rings (SSSR count). The van der Waals surface area contributed by atoms with Crippen LogP contribution >= 0.6 is 12.2 Å². The molecule has 0 aliphatic carbocycles. The molecule has 7 heteroatoms. The number of aromatic nitrogens is 1. The fourth-order valence-corrected chi connectivity index (χ4v) is 2.80. The third kappa shape index (κ3) is 4.34. The molecule has 134 valence electrons. The Kier molecular flexibility index (Phi) is 5.53. The lowest BCUT2D eigenvalue weighted by Crippen LogP contribution is -2.38. The number of para-hydroxylation sites is 1. The standard InChI is InChI=1S/C20H15N3O3S/c24-19(15-9-11-17(12-10-15)23(25)26)18(22-13-5-2-6-14-22)20(27)21-16-7-3-1-4-8-16/h1-14H,(H-,21,24,27)/p+1. The Morgan fingerprint density at radius 1 is 0.963 bits per heavy atom. The van der Waals surface area contributed by atoms with Crippen LogP contribution in [0.2, 0.25) is 0 Å². The quantitative estimate of drug-likeness (QED) is 0.174. The maximum absolute atomic E-state index is 10.9. The first-order valence-corrected chi connectivity index (χ1v) is 8.48. The van der Waals surface area contributed by atoms with Crippen LogP contribution in [0.1, 0.15) is 5.56 Å². The largest absolute Gasteiger partial charge is 0.502 e. The lowest BCUT2D eigenvalue weighted by molar-refractivity contribution is -0.575. The Hall–Kier alpha value is -3.58. The maximum Gasteiger partial charge on any atom is 0.288 e. The maximum atomic E-state index is 10.9. The molecule has 0 saturated heterocycles. The number of aliphatic hydroxyl groups excluding tert-OH is 1. The second-order valence-corrected chi connectivity index (χ2v) is 6.01. The van der Waals surface area contributed by atoms with E-state index >= 15 is 0 Å². The smallest absolute Gasteiger partial charge is 0.288 e. The third-order valence-corrected chi connectivity index (χ3v) is 4.09. The lowest BCUT2D eigenvalue weighted by atomic mass is 10.1. The van der Waals surface area contributed by atoms with Crippen molar-refractivity contribution in [1.82, 2.24) is 0 Å². The van der Waals surface area contributed by atoms with Gasteiger partial charge in [0, 0.05) is 35.5 Å². The fraction of sp³-hybridized carbons (Fsp3) is 0. The molecule has 1 heterocycles. The molecular weight excluding hydrogens is 362 g/mol. The molecule has 0 bridgehead atoms. The van der Waals surface area contributed by atoms with E-state index in [-0.39, 0.29) is 11.4 Å². The highest BCUT2D eigenvalue weighted by molar-refractivity contribution is 7.81. The Morgan fingerprint density at radius 3 is 2.15 bits per heavy atom. The van der Waals surface area contributed by atoms with Crippen LogP contribution in [0.5, 0.6) is 0 Å². The van der Waals surface area contributed by atoms with Crippen LogP contribution in [0, 0.1) is 10.1 Å². The molecule has 0 aliphatic rings. The van der Waals surface area contributed by atoms with E-state index in [1.807, 2.05) is 48.5 Å². The molecule has 0 radical (unpaired) electrons. The number of rotatable bonds is 5. The van der Waals surface area contributed by atoms with Gasteiger partial charge in [-0.2, -0.15) is 4.57 Å². The number of nitro groups is 1. The Morgan fingerprint density at radius 2 is 1.56 bits per heavy atom. The van der Waals surface area contributed by atoms with Gasteiger partial charge in [0.15, 0.2) is 23.1 Å². The van der Waals surface area contributed by atoms with Crippen LogP contribution in [0.3, 0.4) is 0 Å². The van der Waals surface area contributed by atoms with Gasteiger partial charge in [0.1, 0.15) is 0 Å². The van der Waals surface area contributed by atoms with Crippen LogP contribution in [-0.4, -0.2) is 15.0 Å². The Balaban J connectivity index is 2.04. The summed E-state index contributed by atoms with van der Waals surface area (Å²) in [6, 6.07) is 20.5. The highest BCUT2D eigenvalue weighted by Crippen LogP contribution is 2.21. The van der Waals surface area contributed by atoms with Crippen molar-refractivity contribution in [3.05, 3.63) is 101 Å². The van der Waals surface area contributed by atoms with E-state index in [2.05, 4.69) is 5.32 Å². The predicted octanol–water partition coefficient (Wildman–Crippen LogP) is 4.21. The molecule has 27 heavy (non-hydrogen) atoms. The van der Waals surface area contributed by atoms with Crippen LogP contribution in [0.4, 0.5) is 11.4 Å². The minimum Gasteiger partial charge on any atom is -0.502 e. The molecule has 6 nitrogen and oxygen atoms in total. The van der Waals surface area contributed by atoms with Crippen LogP contribution in [-0.2, 0) is 0 Å². The van der Waals surface area contributed by atoms with Crippen molar-refractivity contribution >= 4 is 40.0 Å². The van der Waals surface area contributed by atoms with Gasteiger partial charge >= 0.3 is 0 Å². The summed E-state index contributed by atoms with van der Waals surface area (Å²) in [5.74, 6) is -0.0884. The number of nitrogens with zero attached hydrogens (tertiary/aromatic N) is 2. The molecule has 0 saturated carbocycles.